The number of Topliss-reactive ketones (excluding diaryl/α,β-unsaturated/α-hetero) is 1. The van der Waals surface area contributed by atoms with Crippen LogP contribution in [0.1, 0.15) is 19.8 Å². The van der Waals surface area contributed by atoms with Crippen molar-refractivity contribution in [3.8, 4) is 11.8 Å². The minimum atomic E-state index is -0.188. The van der Waals surface area contributed by atoms with Gasteiger partial charge in [-0.2, -0.15) is 0 Å². The van der Waals surface area contributed by atoms with E-state index in [9.17, 15) is 9.59 Å². The fourth-order valence-corrected chi connectivity index (χ4v) is 1.78. The molecule has 0 saturated carbocycles. The Morgan fingerprint density at radius 2 is 2.27 bits per heavy atom. The zero-order valence-electron chi connectivity index (χ0n) is 8.95. The van der Waals surface area contributed by atoms with Crippen molar-refractivity contribution in [1.82, 2.24) is 4.90 Å². The van der Waals surface area contributed by atoms with Crippen LogP contribution in [0.15, 0.2) is 0 Å². The number of rotatable bonds is 2. The predicted octanol–water partition coefficient (Wildman–Crippen LogP) is -0.224. The lowest BCUT2D eigenvalue weighted by atomic mass is 9.94. The van der Waals surface area contributed by atoms with Crippen molar-refractivity contribution >= 4 is 11.7 Å². The first-order valence-corrected chi connectivity index (χ1v) is 5.13. The van der Waals surface area contributed by atoms with Crippen molar-refractivity contribution in [3.63, 3.8) is 0 Å². The van der Waals surface area contributed by atoms with Crippen LogP contribution in [0.3, 0.4) is 0 Å². The van der Waals surface area contributed by atoms with Gasteiger partial charge in [0.05, 0.1) is 6.54 Å². The molecule has 1 heterocycles. The Kier molecular flexibility index (Phi) is 4.32. The van der Waals surface area contributed by atoms with E-state index in [0.717, 1.165) is 12.8 Å². The first kappa shape index (κ1) is 11.7. The maximum Gasteiger partial charge on any atom is 0.298 e. The fourth-order valence-electron chi connectivity index (χ4n) is 1.78. The number of carbonyl (C=O) groups excluding carboxylic acids is 2. The molecule has 1 unspecified atom stereocenters. The Morgan fingerprint density at radius 1 is 1.53 bits per heavy atom. The number of amides is 1. The lowest BCUT2D eigenvalue weighted by molar-refractivity contribution is -0.130. The smallest absolute Gasteiger partial charge is 0.298 e. The van der Waals surface area contributed by atoms with Gasteiger partial charge in [-0.25, -0.2) is 0 Å². The summed E-state index contributed by atoms with van der Waals surface area (Å²) in [7, 11) is 0. The summed E-state index contributed by atoms with van der Waals surface area (Å²) in [5.41, 5.74) is 5.30. The van der Waals surface area contributed by atoms with E-state index in [4.69, 9.17) is 5.73 Å². The van der Waals surface area contributed by atoms with Crippen molar-refractivity contribution in [2.45, 2.75) is 19.8 Å². The molecule has 0 aliphatic carbocycles. The van der Waals surface area contributed by atoms with Gasteiger partial charge in [0.25, 0.3) is 5.91 Å². The molecule has 4 nitrogen and oxygen atoms in total. The highest BCUT2D eigenvalue weighted by Crippen LogP contribution is 2.16. The minimum absolute atomic E-state index is 0.0388. The van der Waals surface area contributed by atoms with E-state index in [0.29, 0.717) is 13.1 Å². The number of carbonyl (C=O) groups is 2. The van der Waals surface area contributed by atoms with E-state index in [1.54, 1.807) is 11.8 Å². The van der Waals surface area contributed by atoms with Crippen LogP contribution in [-0.4, -0.2) is 36.2 Å². The molecule has 0 radical (unpaired) electrons. The van der Waals surface area contributed by atoms with Crippen molar-refractivity contribution in [2.75, 3.05) is 19.6 Å². The summed E-state index contributed by atoms with van der Waals surface area (Å²) in [4.78, 5) is 24.5. The highest BCUT2D eigenvalue weighted by Gasteiger charge is 2.26. The lowest BCUT2D eigenvalue weighted by Crippen LogP contribution is -2.43. The molecule has 15 heavy (non-hydrogen) atoms. The zero-order valence-corrected chi connectivity index (χ0v) is 8.95. The van der Waals surface area contributed by atoms with Gasteiger partial charge in [0, 0.05) is 19.0 Å². The molecule has 1 amide bonds. The van der Waals surface area contributed by atoms with Gasteiger partial charge in [-0.15, -0.1) is 0 Å². The third-order valence-electron chi connectivity index (χ3n) is 2.60. The third-order valence-corrected chi connectivity index (χ3v) is 2.60. The van der Waals surface area contributed by atoms with E-state index in [2.05, 4.69) is 11.8 Å². The summed E-state index contributed by atoms with van der Waals surface area (Å²) in [5.74, 6) is 4.82. The fraction of sp³-hybridized carbons (Fsp3) is 0.636. The highest BCUT2D eigenvalue weighted by atomic mass is 16.2. The molecule has 0 aromatic rings. The van der Waals surface area contributed by atoms with Crippen molar-refractivity contribution < 1.29 is 9.59 Å². The molecule has 1 fully saturated rings. The number of likely N-dealkylation sites (tertiary alicyclic amines) is 1. The normalized spacial score (nSPS) is 20.4. The molecule has 0 spiro atoms. The van der Waals surface area contributed by atoms with Gasteiger partial charge in [-0.05, 0) is 25.7 Å². The number of ketones is 1. The molecule has 0 bridgehead atoms. The molecule has 2 N–H and O–H groups in total. The number of hydrogen-bond donors (Lipinski definition) is 1. The second-order valence-corrected chi connectivity index (χ2v) is 3.64. The summed E-state index contributed by atoms with van der Waals surface area (Å²) in [5, 5.41) is 0. The van der Waals surface area contributed by atoms with Crippen molar-refractivity contribution in [2.24, 2.45) is 11.7 Å². The first-order valence-electron chi connectivity index (χ1n) is 5.13. The lowest BCUT2D eigenvalue weighted by Gasteiger charge is -2.30. The summed E-state index contributed by atoms with van der Waals surface area (Å²) >= 11 is 0. The van der Waals surface area contributed by atoms with E-state index < -0.39 is 0 Å². The minimum Gasteiger partial charge on any atom is -0.331 e. The van der Waals surface area contributed by atoms with Gasteiger partial charge in [0.15, 0.2) is 5.78 Å². The maximum absolute atomic E-state index is 11.5. The SMILES string of the molecule is CC#CC(=O)N1CCCC(C(=O)CN)C1. The molecule has 1 rings (SSSR count). The molecule has 1 aliphatic rings. The molecular weight excluding hydrogens is 192 g/mol. The number of piperidine rings is 1. The summed E-state index contributed by atoms with van der Waals surface area (Å²) in [6, 6.07) is 0. The summed E-state index contributed by atoms with van der Waals surface area (Å²) in [6.07, 6.45) is 1.69. The Balaban J connectivity index is 2.58. The summed E-state index contributed by atoms with van der Waals surface area (Å²) < 4.78 is 0. The monoisotopic (exact) mass is 208 g/mol. The number of nitrogens with two attached hydrogens (primary N) is 1. The van der Waals surface area contributed by atoms with Crippen molar-refractivity contribution in [1.29, 1.82) is 0 Å². The Bertz CT molecular complexity index is 314. The second kappa shape index (κ2) is 5.52. The largest absolute Gasteiger partial charge is 0.331 e. The number of hydrogen-bond acceptors (Lipinski definition) is 3. The second-order valence-electron chi connectivity index (χ2n) is 3.64. The Hall–Kier alpha value is -1.34. The molecule has 1 aliphatic heterocycles. The molecule has 0 aromatic carbocycles. The van der Waals surface area contributed by atoms with E-state index in [1.807, 2.05) is 0 Å². The van der Waals surface area contributed by atoms with Crippen LogP contribution in [0.25, 0.3) is 0 Å². The van der Waals surface area contributed by atoms with Gasteiger partial charge < -0.3 is 10.6 Å². The zero-order chi connectivity index (χ0) is 11.3. The first-order chi connectivity index (χ1) is 7.19. The molecule has 82 valence electrons. The molecule has 1 saturated heterocycles. The summed E-state index contributed by atoms with van der Waals surface area (Å²) in [6.45, 7) is 2.86. The van der Waals surface area contributed by atoms with Crippen LogP contribution in [0.2, 0.25) is 0 Å². The Labute approximate surface area is 89.8 Å². The Morgan fingerprint density at radius 3 is 2.87 bits per heavy atom. The quantitative estimate of drug-likeness (QED) is 0.638. The highest BCUT2D eigenvalue weighted by molar-refractivity contribution is 5.94. The predicted molar refractivity (Wildman–Crippen MR) is 56.8 cm³/mol. The van der Waals surface area contributed by atoms with Gasteiger partial charge in [-0.1, -0.05) is 5.92 Å². The van der Waals surface area contributed by atoms with Gasteiger partial charge in [0.2, 0.25) is 0 Å². The van der Waals surface area contributed by atoms with Crippen LogP contribution in [0, 0.1) is 17.8 Å². The van der Waals surface area contributed by atoms with Crippen molar-refractivity contribution in [3.05, 3.63) is 0 Å². The maximum atomic E-state index is 11.5. The molecule has 0 aromatic heterocycles. The van der Waals surface area contributed by atoms with Crippen LogP contribution in [0.5, 0.6) is 0 Å². The van der Waals surface area contributed by atoms with Crippen LogP contribution in [-0.2, 0) is 9.59 Å². The topological polar surface area (TPSA) is 63.4 Å². The van der Waals surface area contributed by atoms with Crippen LogP contribution >= 0.6 is 0 Å². The average Bonchev–Trinajstić information content (AvgIpc) is 2.28. The molecule has 4 heteroatoms. The van der Waals surface area contributed by atoms with Gasteiger partial charge in [0.1, 0.15) is 0 Å². The third kappa shape index (κ3) is 3.07. The number of nitrogens with zero attached hydrogens (tertiary/aromatic N) is 1. The standard InChI is InChI=1S/C11H16N2O2/c1-2-4-11(15)13-6-3-5-9(8-13)10(14)7-12/h9H,3,5-8,12H2,1H3. The van der Waals surface area contributed by atoms with Gasteiger partial charge in [-0.3, -0.25) is 9.59 Å². The van der Waals surface area contributed by atoms with E-state index >= 15 is 0 Å². The average molecular weight is 208 g/mol. The van der Waals surface area contributed by atoms with Crippen LogP contribution in [0.4, 0.5) is 0 Å². The van der Waals surface area contributed by atoms with E-state index in [1.165, 1.54) is 0 Å². The van der Waals surface area contributed by atoms with Crippen LogP contribution < -0.4 is 5.73 Å². The molecule has 1 atom stereocenters. The van der Waals surface area contributed by atoms with Gasteiger partial charge >= 0.3 is 0 Å². The molecular formula is C11H16N2O2. The van der Waals surface area contributed by atoms with E-state index in [-0.39, 0.29) is 24.2 Å².